The predicted molar refractivity (Wildman–Crippen MR) is 113 cm³/mol. The van der Waals surface area contributed by atoms with E-state index < -0.39 is 10.0 Å². The zero-order valence-corrected chi connectivity index (χ0v) is 17.0. The molecule has 3 N–H and O–H groups in total. The number of hydrogen-bond donors (Lipinski definition) is 3. The van der Waals surface area contributed by atoms with Gasteiger partial charge in [0.2, 0.25) is 0 Å². The fraction of sp³-hybridized carbons (Fsp3) is 0.333. The average Bonchev–Trinajstić information content (AvgIpc) is 2.70. The Bertz CT molecular complexity index is 1130. The zero-order valence-electron chi connectivity index (χ0n) is 16.2. The van der Waals surface area contributed by atoms with Crippen molar-refractivity contribution in [2.75, 3.05) is 10.0 Å². The van der Waals surface area contributed by atoms with E-state index >= 15 is 0 Å². The van der Waals surface area contributed by atoms with Gasteiger partial charge in [0.25, 0.3) is 10.0 Å². The number of nitrogens with one attached hydrogen (secondary N) is 2. The molecule has 0 atom stereocenters. The lowest BCUT2D eigenvalue weighted by Crippen LogP contribution is -2.29. The van der Waals surface area contributed by atoms with Crippen molar-refractivity contribution in [3.63, 3.8) is 0 Å². The average molecular weight is 413 g/mol. The van der Waals surface area contributed by atoms with Gasteiger partial charge in [-0.15, -0.1) is 0 Å². The van der Waals surface area contributed by atoms with Gasteiger partial charge in [0, 0.05) is 6.04 Å². The Morgan fingerprint density at radius 2 is 1.48 bits per heavy atom. The molecule has 7 nitrogen and oxygen atoms in total. The lowest BCUT2D eigenvalue weighted by atomic mass is 9.93. The number of benzene rings is 2. The molecule has 8 heteroatoms. The SMILES string of the molecule is Cc1ccccc1S(=O)(=O)Nc1nc2ccccc2nc1NC1CCC(O)CC1. The highest BCUT2D eigenvalue weighted by molar-refractivity contribution is 7.92. The molecule has 2 aromatic carbocycles. The molecule has 152 valence electrons. The Kier molecular flexibility index (Phi) is 5.38. The molecule has 1 aliphatic rings. The molecule has 0 saturated heterocycles. The molecule has 1 fully saturated rings. The van der Waals surface area contributed by atoms with E-state index in [1.807, 2.05) is 18.2 Å². The Hall–Kier alpha value is -2.71. The number of nitrogens with zero attached hydrogens (tertiary/aromatic N) is 2. The number of aryl methyl sites for hydroxylation is 1. The molecule has 1 saturated carbocycles. The summed E-state index contributed by atoms with van der Waals surface area (Å²) in [5.41, 5.74) is 1.95. The first-order valence-electron chi connectivity index (χ1n) is 9.72. The molecule has 0 bridgehead atoms. The number of rotatable bonds is 5. The van der Waals surface area contributed by atoms with Crippen LogP contribution in [-0.2, 0) is 10.0 Å². The van der Waals surface area contributed by atoms with Crippen LogP contribution < -0.4 is 10.0 Å². The first-order valence-corrected chi connectivity index (χ1v) is 11.2. The standard InChI is InChI=1S/C21H24N4O3S/c1-14-6-2-5-9-19(14)29(27,28)25-21-20(22-15-10-12-16(26)13-11-15)23-17-7-3-4-8-18(17)24-21/h2-9,15-16,26H,10-13H2,1H3,(H,22,23)(H,24,25). The van der Waals surface area contributed by atoms with Gasteiger partial charge >= 0.3 is 0 Å². The van der Waals surface area contributed by atoms with Crippen molar-refractivity contribution >= 4 is 32.7 Å². The summed E-state index contributed by atoms with van der Waals surface area (Å²) >= 11 is 0. The quantitative estimate of drug-likeness (QED) is 0.593. The second-order valence-electron chi connectivity index (χ2n) is 7.43. The minimum atomic E-state index is -3.82. The van der Waals surface area contributed by atoms with Crippen molar-refractivity contribution in [2.24, 2.45) is 0 Å². The van der Waals surface area contributed by atoms with Gasteiger partial charge in [-0.2, -0.15) is 0 Å². The molecule has 1 aromatic heterocycles. The van der Waals surface area contributed by atoms with E-state index in [1.54, 1.807) is 37.3 Å². The van der Waals surface area contributed by atoms with E-state index in [4.69, 9.17) is 0 Å². The highest BCUT2D eigenvalue weighted by Crippen LogP contribution is 2.28. The minimum absolute atomic E-state index is 0.107. The van der Waals surface area contributed by atoms with Crippen molar-refractivity contribution in [3.8, 4) is 0 Å². The number of fused-ring (bicyclic) bond motifs is 1. The minimum Gasteiger partial charge on any atom is -0.393 e. The monoisotopic (exact) mass is 412 g/mol. The number of aliphatic hydroxyl groups excluding tert-OH is 1. The van der Waals surface area contributed by atoms with Crippen LogP contribution in [0.15, 0.2) is 53.4 Å². The van der Waals surface area contributed by atoms with Crippen LogP contribution in [0, 0.1) is 6.92 Å². The summed E-state index contributed by atoms with van der Waals surface area (Å²) < 4.78 is 28.6. The largest absolute Gasteiger partial charge is 0.393 e. The summed E-state index contributed by atoms with van der Waals surface area (Å²) in [6, 6.07) is 14.3. The Balaban J connectivity index is 1.71. The fourth-order valence-corrected chi connectivity index (χ4v) is 4.88. The molecule has 0 aliphatic heterocycles. The van der Waals surface area contributed by atoms with Crippen LogP contribution in [0.25, 0.3) is 11.0 Å². The van der Waals surface area contributed by atoms with Gasteiger partial charge in [0.05, 0.1) is 22.0 Å². The number of aromatic nitrogens is 2. The van der Waals surface area contributed by atoms with Gasteiger partial charge in [-0.3, -0.25) is 4.72 Å². The number of para-hydroxylation sites is 2. The first kappa shape index (κ1) is 19.6. The Morgan fingerprint density at radius 1 is 0.897 bits per heavy atom. The normalized spacial score (nSPS) is 19.8. The molecule has 0 radical (unpaired) electrons. The van der Waals surface area contributed by atoms with Crippen molar-refractivity contribution in [2.45, 2.75) is 49.6 Å². The first-order chi connectivity index (χ1) is 13.9. The highest BCUT2D eigenvalue weighted by Gasteiger charge is 2.24. The molecule has 0 amide bonds. The molecule has 1 heterocycles. The van der Waals surface area contributed by atoms with Crippen LogP contribution in [-0.4, -0.2) is 35.6 Å². The molecule has 0 spiro atoms. The van der Waals surface area contributed by atoms with Crippen LogP contribution in [0.1, 0.15) is 31.2 Å². The van der Waals surface area contributed by atoms with Crippen LogP contribution >= 0.6 is 0 Å². The van der Waals surface area contributed by atoms with Crippen molar-refractivity contribution in [1.29, 1.82) is 0 Å². The summed E-state index contributed by atoms with van der Waals surface area (Å²) in [6.45, 7) is 1.76. The van der Waals surface area contributed by atoms with E-state index in [2.05, 4.69) is 20.0 Å². The van der Waals surface area contributed by atoms with E-state index in [9.17, 15) is 13.5 Å². The maximum atomic E-state index is 13.0. The van der Waals surface area contributed by atoms with Crippen molar-refractivity contribution in [3.05, 3.63) is 54.1 Å². The lowest BCUT2D eigenvalue weighted by molar-refractivity contribution is 0.126. The highest BCUT2D eigenvalue weighted by atomic mass is 32.2. The van der Waals surface area contributed by atoms with Crippen LogP contribution in [0.5, 0.6) is 0 Å². The van der Waals surface area contributed by atoms with E-state index in [0.717, 1.165) is 12.8 Å². The summed E-state index contributed by atoms with van der Waals surface area (Å²) in [5, 5.41) is 13.1. The smallest absolute Gasteiger partial charge is 0.263 e. The van der Waals surface area contributed by atoms with Gasteiger partial charge in [-0.1, -0.05) is 30.3 Å². The lowest BCUT2D eigenvalue weighted by Gasteiger charge is -2.27. The zero-order chi connectivity index (χ0) is 20.4. The van der Waals surface area contributed by atoms with Crippen LogP contribution in [0.4, 0.5) is 11.6 Å². The van der Waals surface area contributed by atoms with Gasteiger partial charge in [0.1, 0.15) is 0 Å². The Labute approximate surface area is 170 Å². The number of hydrogen-bond acceptors (Lipinski definition) is 6. The molecular weight excluding hydrogens is 388 g/mol. The molecule has 4 rings (SSSR count). The fourth-order valence-electron chi connectivity index (χ4n) is 3.63. The maximum Gasteiger partial charge on any atom is 0.263 e. The molecule has 0 unspecified atom stereocenters. The van der Waals surface area contributed by atoms with E-state index in [-0.39, 0.29) is 22.9 Å². The second-order valence-corrected chi connectivity index (χ2v) is 9.08. The van der Waals surface area contributed by atoms with Crippen LogP contribution in [0.2, 0.25) is 0 Å². The predicted octanol–water partition coefficient (Wildman–Crippen LogP) is 3.45. The summed E-state index contributed by atoms with van der Waals surface area (Å²) in [7, 11) is -3.82. The van der Waals surface area contributed by atoms with E-state index in [1.165, 1.54) is 0 Å². The van der Waals surface area contributed by atoms with Gasteiger partial charge in [0.15, 0.2) is 11.6 Å². The summed E-state index contributed by atoms with van der Waals surface area (Å²) in [4.78, 5) is 9.37. The van der Waals surface area contributed by atoms with Crippen LogP contribution in [0.3, 0.4) is 0 Å². The third-order valence-corrected chi connectivity index (χ3v) is 6.72. The van der Waals surface area contributed by atoms with E-state index in [0.29, 0.717) is 35.3 Å². The summed E-state index contributed by atoms with van der Waals surface area (Å²) in [5.74, 6) is 0.584. The third-order valence-electron chi connectivity index (χ3n) is 5.22. The topological polar surface area (TPSA) is 104 Å². The second kappa shape index (κ2) is 7.96. The number of aliphatic hydroxyl groups is 1. The van der Waals surface area contributed by atoms with Gasteiger partial charge in [-0.05, 0) is 56.4 Å². The van der Waals surface area contributed by atoms with Gasteiger partial charge < -0.3 is 10.4 Å². The maximum absolute atomic E-state index is 13.0. The van der Waals surface area contributed by atoms with Crippen molar-refractivity contribution < 1.29 is 13.5 Å². The van der Waals surface area contributed by atoms with Crippen molar-refractivity contribution in [1.82, 2.24) is 9.97 Å². The number of anilines is 2. The number of sulfonamides is 1. The molecule has 29 heavy (non-hydrogen) atoms. The molecule has 1 aliphatic carbocycles. The van der Waals surface area contributed by atoms with Gasteiger partial charge in [-0.25, -0.2) is 18.4 Å². The Morgan fingerprint density at radius 3 is 2.14 bits per heavy atom. The molecule has 3 aromatic rings. The third kappa shape index (κ3) is 4.33. The summed E-state index contributed by atoms with van der Waals surface area (Å²) in [6.07, 6.45) is 2.74. The molecular formula is C21H24N4O3S.